The standard InChI is InChI=1S/C23H21NO3/c1-2-24(16-17-8-4-3-5-9-17)19-14-12-18(13-15-19)22(25)20-10-6-7-11-21(20)23(26)27/h3-15H,2,16H2,1H3,(H,26,27). The Hall–Kier alpha value is -3.40. The number of carbonyl (C=O) groups excluding carboxylic acids is 1. The molecule has 0 radical (unpaired) electrons. The molecule has 1 N–H and O–H groups in total. The van der Waals surface area contributed by atoms with Crippen molar-refractivity contribution in [1.82, 2.24) is 0 Å². The van der Waals surface area contributed by atoms with Gasteiger partial charge in [0.25, 0.3) is 0 Å². The summed E-state index contributed by atoms with van der Waals surface area (Å²) in [5, 5.41) is 9.29. The Morgan fingerprint density at radius 3 is 2.00 bits per heavy atom. The number of aromatic carboxylic acids is 1. The van der Waals surface area contributed by atoms with Crippen LogP contribution in [-0.4, -0.2) is 23.4 Å². The molecule has 4 nitrogen and oxygen atoms in total. The van der Waals surface area contributed by atoms with Gasteiger partial charge in [-0.3, -0.25) is 4.79 Å². The minimum absolute atomic E-state index is 0.0193. The molecule has 0 aliphatic rings. The van der Waals surface area contributed by atoms with E-state index in [1.54, 1.807) is 30.3 Å². The third-order valence-electron chi connectivity index (χ3n) is 4.49. The van der Waals surface area contributed by atoms with E-state index >= 15 is 0 Å². The summed E-state index contributed by atoms with van der Waals surface area (Å²) in [6.07, 6.45) is 0. The fraction of sp³-hybridized carbons (Fsp3) is 0.130. The van der Waals surface area contributed by atoms with Crippen molar-refractivity contribution in [2.45, 2.75) is 13.5 Å². The summed E-state index contributed by atoms with van der Waals surface area (Å²) >= 11 is 0. The normalized spacial score (nSPS) is 10.4. The van der Waals surface area contributed by atoms with E-state index in [2.05, 4.69) is 24.0 Å². The van der Waals surface area contributed by atoms with Gasteiger partial charge in [0.2, 0.25) is 0 Å². The summed E-state index contributed by atoms with van der Waals surface area (Å²) in [4.78, 5) is 26.3. The number of carbonyl (C=O) groups is 2. The highest BCUT2D eigenvalue weighted by molar-refractivity contribution is 6.14. The van der Waals surface area contributed by atoms with Crippen molar-refractivity contribution in [3.63, 3.8) is 0 Å². The van der Waals surface area contributed by atoms with E-state index in [4.69, 9.17) is 0 Å². The molecule has 3 rings (SSSR count). The van der Waals surface area contributed by atoms with Crippen LogP contribution in [0.5, 0.6) is 0 Å². The van der Waals surface area contributed by atoms with Gasteiger partial charge in [0, 0.05) is 29.9 Å². The molecule has 0 aliphatic heterocycles. The zero-order valence-corrected chi connectivity index (χ0v) is 15.1. The maximum absolute atomic E-state index is 12.7. The molecule has 0 heterocycles. The van der Waals surface area contributed by atoms with E-state index in [1.165, 1.54) is 11.6 Å². The zero-order valence-electron chi connectivity index (χ0n) is 15.1. The molecule has 0 atom stereocenters. The van der Waals surface area contributed by atoms with Gasteiger partial charge in [-0.05, 0) is 42.8 Å². The number of nitrogens with zero attached hydrogens (tertiary/aromatic N) is 1. The van der Waals surface area contributed by atoms with Crippen molar-refractivity contribution in [1.29, 1.82) is 0 Å². The number of carboxylic acid groups (broad SMARTS) is 1. The van der Waals surface area contributed by atoms with Gasteiger partial charge in [0.05, 0.1) is 5.56 Å². The average Bonchev–Trinajstić information content (AvgIpc) is 2.72. The largest absolute Gasteiger partial charge is 0.478 e. The smallest absolute Gasteiger partial charge is 0.336 e. The highest BCUT2D eigenvalue weighted by atomic mass is 16.4. The molecule has 4 heteroatoms. The quantitative estimate of drug-likeness (QED) is 0.624. The first-order valence-electron chi connectivity index (χ1n) is 8.86. The molecule has 0 bridgehead atoms. The van der Waals surface area contributed by atoms with Crippen LogP contribution in [0, 0.1) is 0 Å². The Morgan fingerprint density at radius 1 is 0.815 bits per heavy atom. The fourth-order valence-electron chi connectivity index (χ4n) is 3.04. The Bertz CT molecular complexity index is 933. The Morgan fingerprint density at radius 2 is 1.41 bits per heavy atom. The molecule has 0 amide bonds. The summed E-state index contributed by atoms with van der Waals surface area (Å²) < 4.78 is 0. The first-order chi connectivity index (χ1) is 13.1. The second-order valence-corrected chi connectivity index (χ2v) is 6.23. The van der Waals surface area contributed by atoms with Gasteiger partial charge in [0.15, 0.2) is 5.78 Å². The molecule has 3 aromatic rings. The van der Waals surface area contributed by atoms with E-state index < -0.39 is 5.97 Å². The minimum atomic E-state index is -1.10. The van der Waals surface area contributed by atoms with Crippen LogP contribution < -0.4 is 4.90 Å². The summed E-state index contributed by atoms with van der Waals surface area (Å²) in [5.41, 5.74) is 2.93. The Labute approximate surface area is 158 Å². The second kappa shape index (κ2) is 8.32. The van der Waals surface area contributed by atoms with Crippen molar-refractivity contribution >= 4 is 17.4 Å². The van der Waals surface area contributed by atoms with Gasteiger partial charge < -0.3 is 10.0 Å². The van der Waals surface area contributed by atoms with Crippen LogP contribution >= 0.6 is 0 Å². The number of hydrogen-bond acceptors (Lipinski definition) is 3. The second-order valence-electron chi connectivity index (χ2n) is 6.23. The molecular formula is C23H21NO3. The van der Waals surface area contributed by atoms with Crippen LogP contribution in [0.2, 0.25) is 0 Å². The lowest BCUT2D eigenvalue weighted by atomic mass is 9.98. The zero-order chi connectivity index (χ0) is 19.2. The first-order valence-corrected chi connectivity index (χ1v) is 8.86. The molecule has 0 aliphatic carbocycles. The highest BCUT2D eigenvalue weighted by Gasteiger charge is 2.17. The number of ketones is 1. The summed E-state index contributed by atoms with van der Waals surface area (Å²) in [6, 6.07) is 23.8. The predicted molar refractivity (Wildman–Crippen MR) is 106 cm³/mol. The van der Waals surface area contributed by atoms with E-state index in [1.807, 2.05) is 30.3 Å². The summed E-state index contributed by atoms with van der Waals surface area (Å²) in [5.74, 6) is -1.39. The number of benzene rings is 3. The van der Waals surface area contributed by atoms with Gasteiger partial charge in [-0.2, -0.15) is 0 Å². The van der Waals surface area contributed by atoms with Crippen molar-refractivity contribution in [2.24, 2.45) is 0 Å². The number of hydrogen-bond donors (Lipinski definition) is 1. The number of carboxylic acids is 1. The SMILES string of the molecule is CCN(Cc1ccccc1)c1ccc(C(=O)c2ccccc2C(=O)O)cc1. The lowest BCUT2D eigenvalue weighted by Gasteiger charge is -2.23. The van der Waals surface area contributed by atoms with Gasteiger partial charge in [-0.25, -0.2) is 4.79 Å². The molecule has 27 heavy (non-hydrogen) atoms. The lowest BCUT2D eigenvalue weighted by molar-refractivity contribution is 0.0693. The Kier molecular flexibility index (Phi) is 5.67. The average molecular weight is 359 g/mol. The summed E-state index contributed by atoms with van der Waals surface area (Å²) in [6.45, 7) is 3.71. The third kappa shape index (κ3) is 4.23. The van der Waals surface area contributed by atoms with Crippen LogP contribution in [0.3, 0.4) is 0 Å². The van der Waals surface area contributed by atoms with Crippen LogP contribution in [0.4, 0.5) is 5.69 Å². The Balaban J connectivity index is 1.82. The van der Waals surface area contributed by atoms with Crippen molar-refractivity contribution in [2.75, 3.05) is 11.4 Å². The lowest BCUT2D eigenvalue weighted by Crippen LogP contribution is -2.22. The molecule has 0 fully saturated rings. The van der Waals surface area contributed by atoms with E-state index in [9.17, 15) is 14.7 Å². The maximum Gasteiger partial charge on any atom is 0.336 e. The molecule has 3 aromatic carbocycles. The molecule has 0 saturated carbocycles. The van der Waals surface area contributed by atoms with Crippen LogP contribution in [-0.2, 0) is 6.54 Å². The van der Waals surface area contributed by atoms with E-state index in [0.717, 1.165) is 18.8 Å². The van der Waals surface area contributed by atoms with Crippen LogP contribution in [0.25, 0.3) is 0 Å². The van der Waals surface area contributed by atoms with Gasteiger partial charge in [0.1, 0.15) is 0 Å². The van der Waals surface area contributed by atoms with Gasteiger partial charge in [-0.1, -0.05) is 48.5 Å². The van der Waals surface area contributed by atoms with Crippen molar-refractivity contribution in [3.8, 4) is 0 Å². The molecule has 0 unspecified atom stereocenters. The molecular weight excluding hydrogens is 338 g/mol. The fourth-order valence-corrected chi connectivity index (χ4v) is 3.04. The molecule has 0 saturated heterocycles. The molecule has 0 spiro atoms. The monoisotopic (exact) mass is 359 g/mol. The van der Waals surface area contributed by atoms with E-state index in [0.29, 0.717) is 5.56 Å². The minimum Gasteiger partial charge on any atom is -0.478 e. The highest BCUT2D eigenvalue weighted by Crippen LogP contribution is 2.21. The molecule has 136 valence electrons. The first kappa shape index (κ1) is 18.4. The number of anilines is 1. The van der Waals surface area contributed by atoms with Crippen molar-refractivity contribution in [3.05, 3.63) is 101 Å². The van der Waals surface area contributed by atoms with Crippen molar-refractivity contribution < 1.29 is 14.7 Å². The van der Waals surface area contributed by atoms with Crippen LogP contribution in [0.1, 0.15) is 38.8 Å². The van der Waals surface area contributed by atoms with Gasteiger partial charge >= 0.3 is 5.97 Å². The maximum atomic E-state index is 12.7. The van der Waals surface area contributed by atoms with Crippen LogP contribution in [0.15, 0.2) is 78.9 Å². The summed E-state index contributed by atoms with van der Waals surface area (Å²) in [7, 11) is 0. The van der Waals surface area contributed by atoms with E-state index in [-0.39, 0.29) is 16.9 Å². The molecule has 0 aromatic heterocycles. The predicted octanol–water partition coefficient (Wildman–Crippen LogP) is 4.64. The number of rotatable bonds is 7. The third-order valence-corrected chi connectivity index (χ3v) is 4.49. The van der Waals surface area contributed by atoms with Gasteiger partial charge in [-0.15, -0.1) is 0 Å². The topological polar surface area (TPSA) is 57.6 Å².